The number of halogens is 1. The van der Waals surface area contributed by atoms with Gasteiger partial charge in [0.25, 0.3) is 0 Å². The first kappa shape index (κ1) is 17.0. The van der Waals surface area contributed by atoms with Gasteiger partial charge < -0.3 is 0 Å². The average Bonchev–Trinajstić information content (AvgIpc) is 3.13. The Balaban J connectivity index is 1.62. The van der Waals surface area contributed by atoms with Crippen molar-refractivity contribution in [2.24, 2.45) is 0 Å². The standard InChI is InChI=1S/C20H18FN3OS/c21-16-6-1-4-14(10-16)13-26-19-17-7-2-8-18(17)24(20(25)23-19)12-15-5-3-9-22-11-15/h1,3-6,9-11H,2,7-8,12-13H2. The minimum absolute atomic E-state index is 0.226. The Morgan fingerprint density at radius 1 is 1.15 bits per heavy atom. The highest BCUT2D eigenvalue weighted by Crippen LogP contribution is 2.31. The van der Waals surface area contributed by atoms with Crippen LogP contribution in [0.25, 0.3) is 0 Å². The molecule has 0 saturated heterocycles. The van der Waals surface area contributed by atoms with Crippen LogP contribution in [0.3, 0.4) is 0 Å². The van der Waals surface area contributed by atoms with Crippen LogP contribution in [0.4, 0.5) is 4.39 Å². The zero-order valence-electron chi connectivity index (χ0n) is 14.2. The van der Waals surface area contributed by atoms with Crippen molar-refractivity contribution < 1.29 is 4.39 Å². The lowest BCUT2D eigenvalue weighted by Crippen LogP contribution is -2.27. The molecule has 1 aliphatic carbocycles. The largest absolute Gasteiger partial charge is 0.349 e. The smallest absolute Gasteiger partial charge is 0.291 e. The number of benzene rings is 1. The van der Waals surface area contributed by atoms with E-state index in [1.165, 1.54) is 23.9 Å². The second-order valence-corrected chi connectivity index (χ2v) is 7.31. The molecule has 0 atom stereocenters. The number of fused-ring (bicyclic) bond motifs is 1. The minimum Gasteiger partial charge on any atom is -0.291 e. The SMILES string of the molecule is O=c1nc(SCc2cccc(F)c2)c2c(n1Cc1cccnc1)CCC2. The Kier molecular flexibility index (Phi) is 4.84. The maximum absolute atomic E-state index is 13.4. The van der Waals surface area contributed by atoms with Crippen LogP contribution in [-0.2, 0) is 25.1 Å². The van der Waals surface area contributed by atoms with E-state index in [1.54, 1.807) is 23.0 Å². The first-order valence-corrected chi connectivity index (χ1v) is 9.58. The lowest BCUT2D eigenvalue weighted by molar-refractivity contribution is 0.626. The second kappa shape index (κ2) is 7.41. The third-order valence-electron chi connectivity index (χ3n) is 4.53. The van der Waals surface area contributed by atoms with E-state index in [4.69, 9.17) is 0 Å². The minimum atomic E-state index is -0.242. The van der Waals surface area contributed by atoms with Gasteiger partial charge in [0.05, 0.1) is 6.54 Å². The number of thioether (sulfide) groups is 1. The number of nitrogens with zero attached hydrogens (tertiary/aromatic N) is 3. The van der Waals surface area contributed by atoms with Crippen molar-refractivity contribution >= 4 is 11.8 Å². The fourth-order valence-corrected chi connectivity index (χ4v) is 4.34. The molecule has 2 heterocycles. The van der Waals surface area contributed by atoms with Crippen molar-refractivity contribution in [3.05, 3.63) is 87.5 Å². The average molecular weight is 367 g/mol. The fourth-order valence-electron chi connectivity index (χ4n) is 3.32. The van der Waals surface area contributed by atoms with Crippen LogP contribution in [0.15, 0.2) is 58.6 Å². The van der Waals surface area contributed by atoms with E-state index in [2.05, 4.69) is 9.97 Å². The van der Waals surface area contributed by atoms with Crippen molar-refractivity contribution in [3.8, 4) is 0 Å². The van der Waals surface area contributed by atoms with E-state index in [-0.39, 0.29) is 11.5 Å². The molecule has 6 heteroatoms. The zero-order valence-corrected chi connectivity index (χ0v) is 15.0. The summed E-state index contributed by atoms with van der Waals surface area (Å²) in [6.45, 7) is 0.497. The van der Waals surface area contributed by atoms with E-state index in [0.717, 1.165) is 46.7 Å². The van der Waals surface area contributed by atoms with E-state index in [9.17, 15) is 9.18 Å². The highest BCUT2D eigenvalue weighted by molar-refractivity contribution is 7.98. The molecule has 1 aromatic carbocycles. The molecule has 0 radical (unpaired) electrons. The van der Waals surface area contributed by atoms with E-state index < -0.39 is 0 Å². The topological polar surface area (TPSA) is 47.8 Å². The summed E-state index contributed by atoms with van der Waals surface area (Å²) < 4.78 is 15.1. The van der Waals surface area contributed by atoms with E-state index in [1.807, 2.05) is 18.2 Å². The molecule has 26 heavy (non-hydrogen) atoms. The maximum atomic E-state index is 13.4. The van der Waals surface area contributed by atoms with Gasteiger partial charge in [0.15, 0.2) is 0 Å². The van der Waals surface area contributed by atoms with Crippen molar-refractivity contribution in [3.63, 3.8) is 0 Å². The van der Waals surface area contributed by atoms with Crippen LogP contribution in [0.1, 0.15) is 28.8 Å². The van der Waals surface area contributed by atoms with Crippen molar-refractivity contribution in [2.75, 3.05) is 0 Å². The molecule has 0 saturated carbocycles. The molecule has 0 fully saturated rings. The monoisotopic (exact) mass is 367 g/mol. The quantitative estimate of drug-likeness (QED) is 0.511. The molecule has 3 aromatic rings. The summed E-state index contributed by atoms with van der Waals surface area (Å²) in [6.07, 6.45) is 6.35. The van der Waals surface area contributed by atoms with E-state index >= 15 is 0 Å². The predicted octanol–water partition coefficient (Wildman–Crippen LogP) is 3.61. The van der Waals surface area contributed by atoms with Gasteiger partial charge in [0.1, 0.15) is 10.8 Å². The van der Waals surface area contributed by atoms with Gasteiger partial charge in [-0.15, -0.1) is 11.8 Å². The van der Waals surface area contributed by atoms with Gasteiger partial charge in [0, 0.05) is 29.4 Å². The molecule has 0 aliphatic heterocycles. The van der Waals surface area contributed by atoms with Gasteiger partial charge >= 0.3 is 5.69 Å². The van der Waals surface area contributed by atoms with Gasteiger partial charge in [0.2, 0.25) is 0 Å². The normalized spacial score (nSPS) is 13.0. The van der Waals surface area contributed by atoms with Gasteiger partial charge in [-0.05, 0) is 48.6 Å². The van der Waals surface area contributed by atoms with Crippen molar-refractivity contribution in [2.45, 2.75) is 36.6 Å². The molecule has 132 valence electrons. The number of aromatic nitrogens is 3. The first-order valence-electron chi connectivity index (χ1n) is 8.59. The zero-order chi connectivity index (χ0) is 17.9. The first-order chi connectivity index (χ1) is 12.7. The van der Waals surface area contributed by atoms with Crippen molar-refractivity contribution in [1.29, 1.82) is 0 Å². The molecule has 4 nitrogen and oxygen atoms in total. The van der Waals surface area contributed by atoms with Crippen LogP contribution >= 0.6 is 11.8 Å². The molecule has 0 amide bonds. The Hall–Kier alpha value is -2.47. The Morgan fingerprint density at radius 3 is 2.85 bits per heavy atom. The van der Waals surface area contributed by atoms with Gasteiger partial charge in [-0.1, -0.05) is 18.2 Å². The molecule has 0 unspecified atom stereocenters. The highest BCUT2D eigenvalue weighted by Gasteiger charge is 2.22. The molecular weight excluding hydrogens is 349 g/mol. The fraction of sp³-hybridized carbons (Fsp3) is 0.250. The molecule has 2 aromatic heterocycles. The molecule has 0 bridgehead atoms. The van der Waals surface area contributed by atoms with Crippen LogP contribution in [-0.4, -0.2) is 14.5 Å². The van der Waals surface area contributed by atoms with Crippen LogP contribution in [0.2, 0.25) is 0 Å². The summed E-state index contributed by atoms with van der Waals surface area (Å²) in [6, 6.07) is 10.4. The lowest BCUT2D eigenvalue weighted by atomic mass is 10.2. The summed E-state index contributed by atoms with van der Waals surface area (Å²) in [4.78, 5) is 21.1. The number of hydrogen-bond acceptors (Lipinski definition) is 4. The number of rotatable bonds is 5. The Morgan fingerprint density at radius 2 is 2.04 bits per heavy atom. The Labute approximate surface area is 155 Å². The third-order valence-corrected chi connectivity index (χ3v) is 5.62. The third kappa shape index (κ3) is 3.55. The van der Waals surface area contributed by atoms with Crippen LogP contribution in [0, 0.1) is 5.82 Å². The molecular formula is C20H18FN3OS. The number of pyridine rings is 1. The Bertz CT molecular complexity index is 988. The van der Waals surface area contributed by atoms with Gasteiger partial charge in [-0.3, -0.25) is 9.55 Å². The predicted molar refractivity (Wildman–Crippen MR) is 99.8 cm³/mol. The van der Waals surface area contributed by atoms with Crippen molar-refractivity contribution in [1.82, 2.24) is 14.5 Å². The highest BCUT2D eigenvalue weighted by atomic mass is 32.2. The maximum Gasteiger partial charge on any atom is 0.349 e. The molecule has 0 spiro atoms. The van der Waals surface area contributed by atoms with Crippen LogP contribution < -0.4 is 5.69 Å². The number of hydrogen-bond donors (Lipinski definition) is 0. The van der Waals surface area contributed by atoms with Gasteiger partial charge in [-0.2, -0.15) is 4.98 Å². The van der Waals surface area contributed by atoms with Gasteiger partial charge in [-0.25, -0.2) is 9.18 Å². The van der Waals surface area contributed by atoms with E-state index in [0.29, 0.717) is 12.3 Å². The summed E-state index contributed by atoms with van der Waals surface area (Å²) >= 11 is 1.51. The lowest BCUT2D eigenvalue weighted by Gasteiger charge is -2.14. The second-order valence-electron chi connectivity index (χ2n) is 6.34. The summed E-state index contributed by atoms with van der Waals surface area (Å²) in [5, 5.41) is 0.786. The molecule has 0 N–H and O–H groups in total. The summed E-state index contributed by atoms with van der Waals surface area (Å²) in [7, 11) is 0. The molecule has 1 aliphatic rings. The molecule has 4 rings (SSSR count). The summed E-state index contributed by atoms with van der Waals surface area (Å²) in [5.74, 6) is 0.358. The van der Waals surface area contributed by atoms with Crippen LogP contribution in [0.5, 0.6) is 0 Å². The summed E-state index contributed by atoms with van der Waals surface area (Å²) in [5.41, 5.74) is 3.90.